The van der Waals surface area contributed by atoms with E-state index in [0.717, 1.165) is 173 Å². The van der Waals surface area contributed by atoms with Gasteiger partial charge in [-0.25, -0.2) is 35.1 Å². The minimum absolute atomic E-state index is 0.0281. The molecule has 8 aromatic carbocycles. The van der Waals surface area contributed by atoms with Crippen molar-refractivity contribution in [1.82, 2.24) is 59.1 Å². The monoisotopic (exact) mass is 2060 g/mol. The molecular weight excluding hydrogens is 1920 g/mol. The highest BCUT2D eigenvalue weighted by Gasteiger charge is 2.50. The number of aliphatic hydroxyl groups excluding tert-OH is 1. The summed E-state index contributed by atoms with van der Waals surface area (Å²) in [5.41, 5.74) is 9.27. The zero-order valence-corrected chi connectivity index (χ0v) is 86.6. The molecule has 0 radical (unpaired) electrons. The number of aliphatic hydroxyl groups is 1. The highest BCUT2D eigenvalue weighted by molar-refractivity contribution is 8.00. The Labute approximate surface area is 862 Å². The van der Waals surface area contributed by atoms with E-state index in [-0.39, 0.29) is 105 Å². The Hall–Kier alpha value is -11.5. The van der Waals surface area contributed by atoms with Gasteiger partial charge in [0, 0.05) is 229 Å². The molecule has 0 bridgehead atoms. The second kappa shape index (κ2) is 45.3. The first-order chi connectivity index (χ1) is 71.5. The van der Waals surface area contributed by atoms with Gasteiger partial charge in [-0.05, 0) is 130 Å². The van der Waals surface area contributed by atoms with Crippen LogP contribution in [-0.2, 0) is 49.6 Å². The first kappa shape index (κ1) is 105. The highest BCUT2D eigenvalue weighted by atomic mass is 32.2. The lowest BCUT2D eigenvalue weighted by molar-refractivity contribution is -0.154. The molecule has 148 heavy (non-hydrogen) atoms. The smallest absolute Gasteiger partial charge is 0.231 e. The zero-order valence-electron chi connectivity index (χ0n) is 85.8. The third-order valence-electron chi connectivity index (χ3n) is 32.1. The van der Waals surface area contributed by atoms with Gasteiger partial charge in [-0.2, -0.15) is 11.8 Å². The number of aromatic nitrogens is 4. The van der Waals surface area contributed by atoms with Crippen LogP contribution in [0, 0.1) is 88.0 Å². The minimum atomic E-state index is -1.05. The molecule has 788 valence electrons. The van der Waals surface area contributed by atoms with E-state index in [9.17, 15) is 28.7 Å². The van der Waals surface area contributed by atoms with Crippen molar-refractivity contribution in [1.29, 1.82) is 0 Å². The number of amides is 4. The molecular formula is C116H135F9N12O10S. The Morgan fingerprint density at radius 2 is 0.642 bits per heavy atom. The molecule has 10 atom stereocenters. The Balaban J connectivity index is 0.000000124. The quantitative estimate of drug-likeness (QED) is 0.0264. The van der Waals surface area contributed by atoms with E-state index in [1.807, 2.05) is 125 Å². The Morgan fingerprint density at radius 3 is 0.892 bits per heavy atom. The minimum Gasteiger partial charge on any atom is -0.492 e. The molecule has 6 fully saturated rings. The molecule has 1 unspecified atom stereocenters. The van der Waals surface area contributed by atoms with Gasteiger partial charge in [0.05, 0.1) is 65.7 Å². The van der Waals surface area contributed by atoms with Gasteiger partial charge in [-0.3, -0.25) is 43.2 Å². The molecule has 0 spiro atoms. The van der Waals surface area contributed by atoms with E-state index >= 15 is 35.1 Å². The van der Waals surface area contributed by atoms with Crippen LogP contribution in [0.15, 0.2) is 146 Å². The summed E-state index contributed by atoms with van der Waals surface area (Å²) < 4.78 is 168. The number of carbonyl (C=O) groups excluding carboxylic acids is 4. The Kier molecular flexibility index (Phi) is 32.2. The highest BCUT2D eigenvalue weighted by Crippen LogP contribution is 2.51. The number of fused-ring (bicyclic) bond motifs is 12. The van der Waals surface area contributed by atoms with E-state index in [0.29, 0.717) is 107 Å². The van der Waals surface area contributed by atoms with E-state index < -0.39 is 95.3 Å². The van der Waals surface area contributed by atoms with Gasteiger partial charge in [0.2, 0.25) is 23.6 Å². The van der Waals surface area contributed by atoms with Gasteiger partial charge in [0.15, 0.2) is 0 Å². The molecule has 4 amide bonds. The number of nitrogens with zero attached hydrogens (tertiary/aromatic N) is 8. The Bertz CT molecular complexity index is 6240. The largest absolute Gasteiger partial charge is 0.492 e. The number of hydrogen-bond acceptors (Lipinski definition) is 15. The second-order valence-corrected chi connectivity index (χ2v) is 43.5. The van der Waals surface area contributed by atoms with E-state index in [1.54, 1.807) is 21.6 Å². The summed E-state index contributed by atoms with van der Waals surface area (Å²) in [7, 11) is 0. The second-order valence-electron chi connectivity index (χ2n) is 42.4. The number of alkyl halides is 1. The maximum absolute atomic E-state index is 15.8. The van der Waals surface area contributed by atoms with Crippen molar-refractivity contribution in [3.05, 3.63) is 259 Å². The van der Waals surface area contributed by atoms with Crippen molar-refractivity contribution in [2.24, 2.45) is 41.4 Å². The molecule has 0 aliphatic carbocycles. The van der Waals surface area contributed by atoms with Crippen LogP contribution in [0.4, 0.5) is 39.5 Å². The van der Waals surface area contributed by atoms with Crippen LogP contribution in [0.3, 0.4) is 0 Å². The third-order valence-corrected chi connectivity index (χ3v) is 33.4. The number of para-hydroxylation sites is 4. The molecule has 6 saturated heterocycles. The van der Waals surface area contributed by atoms with Crippen molar-refractivity contribution < 1.29 is 87.5 Å². The van der Waals surface area contributed by atoms with Crippen LogP contribution in [-0.4, -0.2) is 255 Å². The summed E-state index contributed by atoms with van der Waals surface area (Å²) in [6.07, 6.45) is 5.94. The maximum Gasteiger partial charge on any atom is 0.231 e. The van der Waals surface area contributed by atoms with Gasteiger partial charge >= 0.3 is 0 Å². The van der Waals surface area contributed by atoms with Gasteiger partial charge in [-0.1, -0.05) is 133 Å². The first-order valence-corrected chi connectivity index (χ1v) is 54.0. The number of carbonyl (C=O) groups is 4. The van der Waals surface area contributed by atoms with Crippen molar-refractivity contribution in [3.8, 4) is 23.0 Å². The summed E-state index contributed by atoms with van der Waals surface area (Å²) in [5, 5.41) is 13.9. The SMILES string of the molecule is CCC1CN(CCOc2cc(F)c([C@@H]3c4[nH]c5ccccc5c4C[C@@H](C)N3C(=O)C3COC3)c(F)c2)C1.CCC1CN(CCOc2cc(F)c([C@@H]3c4[nH]c5ccccc5c4C[C@@H](C)N3C(=O)C3CSC3)c(F)c2)C1.CCC1CN(CCOc2cc(F)c([C@@H]3c4[nH]c5ccccc5c4C[C@@H](C)N3C(=O)CC(C)O)c(F)c2)C1.CCC1CN(CCOc2cc(F)c([C@@H]3c4[nH]c5ccccc5c4C[C@@H](C)N3C(=O)[C@@H](C)CF)c(F)c2)C1. The molecule has 14 heterocycles. The van der Waals surface area contributed by atoms with Crippen LogP contribution < -0.4 is 18.9 Å². The Morgan fingerprint density at radius 1 is 0.385 bits per heavy atom. The molecule has 10 aliphatic rings. The van der Waals surface area contributed by atoms with Gasteiger partial charge in [0.1, 0.15) is 127 Å². The predicted octanol–water partition coefficient (Wildman–Crippen LogP) is 20.5. The van der Waals surface area contributed by atoms with Crippen LogP contribution >= 0.6 is 11.8 Å². The molecule has 32 heteroatoms. The lowest BCUT2D eigenvalue weighted by atomic mass is 9.86. The molecule has 10 aliphatic heterocycles. The van der Waals surface area contributed by atoms with Crippen molar-refractivity contribution in [3.63, 3.8) is 0 Å². The standard InChI is InChI=1S/C29H34F3N3O2.C29H33F2N3O3.C29H35F2N3O3.C29H33F2N3O2S/c1-4-19-15-34(16-19)9-10-37-20-12-23(31)26(24(32)13-20)28-27-22(21-7-5-6-8-25(21)33-27)11-18(3)35(28)29(36)17(2)14-30;1-3-18-13-33(14-18)8-9-37-20-11-23(30)26(24(31)12-20)28-27-22(21-6-4-5-7-25(21)32-27)10-17(2)34(28)29(35)19-15-36-16-19;1-4-19-15-33(16-19)9-10-37-20-13-23(30)27(24(31)14-20)29-28-22(21-7-5-6-8-25(21)32-28)11-17(2)34(29)26(36)12-18(3)35;1-3-18-13-33(14-18)8-9-36-20-11-23(30)26(24(31)12-20)28-27-22(21-6-4-5-7-25(21)32-27)10-17(2)34(28)29(35)19-15-37-16-19/h5-8,12-13,17-19,28,33H,4,9-11,14-16H2,1-3H3;4-7,11-12,17-19,28,32H,3,8-10,13-16H2,1-2H3;5-8,13-14,17-19,29,32,35H,4,9-12,15-16H2,1-3H3;4-7,11-12,17-19,28,32H,3,8-10,13-16H2,1-2H3/t17-,18+,28+;17-,28-;17-,18?,29-;17-,28-/m0111/s1. The van der Waals surface area contributed by atoms with E-state index in [4.69, 9.17) is 23.7 Å². The number of aromatic amines is 4. The number of rotatable bonds is 30. The van der Waals surface area contributed by atoms with Crippen LogP contribution in [0.2, 0.25) is 0 Å². The molecule has 4 aromatic heterocycles. The number of thioether (sulfide) groups is 1. The molecule has 22 rings (SSSR count). The van der Waals surface area contributed by atoms with Crippen molar-refractivity contribution in [2.45, 2.75) is 181 Å². The molecule has 22 nitrogen and oxygen atoms in total. The van der Waals surface area contributed by atoms with Crippen LogP contribution in [0.5, 0.6) is 23.0 Å². The summed E-state index contributed by atoms with van der Waals surface area (Å²) >= 11 is 1.73. The normalized spacial score (nSPS) is 21.8. The van der Waals surface area contributed by atoms with E-state index in [2.05, 4.69) is 67.2 Å². The number of likely N-dealkylation sites (tertiary alicyclic amines) is 4. The summed E-state index contributed by atoms with van der Waals surface area (Å²) in [4.78, 5) is 82.6. The number of benzene rings is 8. The third kappa shape index (κ3) is 21.4. The fraction of sp³-hybridized carbons (Fsp3) is 0.483. The predicted molar refractivity (Wildman–Crippen MR) is 555 cm³/mol. The number of ether oxygens (including phenoxy) is 5. The lowest BCUT2D eigenvalue weighted by Crippen LogP contribution is -2.52. The zero-order chi connectivity index (χ0) is 104. The number of H-pyrrole nitrogens is 4. The van der Waals surface area contributed by atoms with Crippen LogP contribution in [0.25, 0.3) is 43.6 Å². The van der Waals surface area contributed by atoms with Gasteiger partial charge in [0.25, 0.3) is 0 Å². The van der Waals surface area contributed by atoms with E-state index in [1.165, 1.54) is 85.0 Å². The number of halogens is 9. The topological polar surface area (TPSA) is 224 Å². The molecule has 5 N–H and O–H groups in total. The van der Waals surface area contributed by atoms with Crippen molar-refractivity contribution in [2.75, 3.05) is 136 Å². The molecule has 0 saturated carbocycles. The van der Waals surface area contributed by atoms with Gasteiger partial charge < -0.3 is 68.3 Å². The number of nitrogens with one attached hydrogen (secondary N) is 4. The summed E-state index contributed by atoms with van der Waals surface area (Å²) in [6, 6.07) is 36.0. The van der Waals surface area contributed by atoms with Crippen LogP contribution in [0.1, 0.15) is 193 Å². The fourth-order valence-corrected chi connectivity index (χ4v) is 24.3. The lowest BCUT2D eigenvalue weighted by Gasteiger charge is -2.44. The average Bonchev–Trinajstić information content (AvgIpc) is 1.57. The summed E-state index contributed by atoms with van der Waals surface area (Å²) in [6.45, 7) is 31.8. The number of hydrogen-bond donors (Lipinski definition) is 5. The molecule has 12 aromatic rings. The van der Waals surface area contributed by atoms with Crippen molar-refractivity contribution >= 4 is 79.0 Å². The fourth-order valence-electron chi connectivity index (χ4n) is 23.5. The van der Waals surface area contributed by atoms with Gasteiger partial charge in [-0.15, -0.1) is 0 Å². The maximum atomic E-state index is 15.8. The summed E-state index contributed by atoms with van der Waals surface area (Å²) in [5.74, 6) is -3.19. The first-order valence-electron chi connectivity index (χ1n) is 52.9. The average molecular weight is 2060 g/mol.